The maximum Gasteiger partial charge on any atom is 0.326 e. The first kappa shape index (κ1) is 108. The van der Waals surface area contributed by atoms with E-state index in [0.717, 1.165) is 62.3 Å². The van der Waals surface area contributed by atoms with Crippen molar-refractivity contribution in [2.24, 2.45) is 11.5 Å². The number of hydrogen-bond donors (Lipinski definition) is 28. The molecule has 0 bridgehead atoms. The molecule has 0 saturated carbocycles. The lowest BCUT2D eigenvalue weighted by atomic mass is 9.93. The monoisotopic (exact) mass is 1790 g/mol. The standard InChI is InChI=1S/C71H117N13O40/c1-25(58(100)84-39(68(115)116)17-19-46(96)82-37(66(111)112)15-11-13-35(73)65(109)110)74-60(102)28(4)117-53(40(20-85)77-30(6)90)54(41(94)21-86)122-70-48(79-32(8)92)52(99)55(43(23-88)120-70)123-71-49(80-33(9)93)57(56(44(24-89)121-71)124-69-47(78-31(7)91)51(98)50(97)42(22-87)119-69)118-29(5)61(103)75-26(2)59(101)83-38(67(113)114)16-18-45(95)81-36(14-10-12-34(72)64(107)108)62(104)76-27(3)63(105)106/h25-29,34-44,47-57,69-71,85-89,94,97-99H,10-24,72-73H2,1-9H3,(H,74,102)(H,75,103)(H,76,104)(H,77,90)(H,78,91)(H,79,92)(H,80,93)(H,81,95)(H,82,96)(H,83,101)(H,84,100)(H,105,106)(H,107,108)(H,109,110)(H,111,112)(H,113,114)(H,115,116). The van der Waals surface area contributed by atoms with E-state index >= 15 is 0 Å². The fourth-order valence-electron chi connectivity index (χ4n) is 12.9. The largest absolute Gasteiger partial charge is 0.480 e. The van der Waals surface area contributed by atoms with E-state index in [1.54, 1.807) is 0 Å². The summed E-state index contributed by atoms with van der Waals surface area (Å²) in [5.41, 5.74) is 11.0. The van der Waals surface area contributed by atoms with Gasteiger partial charge in [-0.1, -0.05) is 0 Å². The van der Waals surface area contributed by atoms with Crippen LogP contribution in [0, 0.1) is 0 Å². The van der Waals surface area contributed by atoms with Crippen LogP contribution in [0.1, 0.15) is 127 Å². The van der Waals surface area contributed by atoms with E-state index in [4.69, 9.17) is 54.5 Å². The molecule has 124 heavy (non-hydrogen) atoms. The lowest BCUT2D eigenvalue weighted by Crippen LogP contribution is -2.72. The molecule has 3 saturated heterocycles. The summed E-state index contributed by atoms with van der Waals surface area (Å²) in [6.45, 7) is 2.96. The minimum atomic E-state index is -2.34. The summed E-state index contributed by atoms with van der Waals surface area (Å²) < 4.78 is 49.4. The van der Waals surface area contributed by atoms with Crippen LogP contribution in [0.5, 0.6) is 0 Å². The minimum Gasteiger partial charge on any atom is -0.480 e. The van der Waals surface area contributed by atoms with Gasteiger partial charge in [0, 0.05) is 40.5 Å². The lowest BCUT2D eigenvalue weighted by molar-refractivity contribution is -0.361. The predicted octanol–water partition coefficient (Wildman–Crippen LogP) is -13.2. The first-order chi connectivity index (χ1) is 58.0. The zero-order valence-corrected chi connectivity index (χ0v) is 69.0. The van der Waals surface area contributed by atoms with Crippen LogP contribution in [0.2, 0.25) is 0 Å². The molecule has 0 aliphatic carbocycles. The molecule has 3 rings (SSSR count). The van der Waals surface area contributed by atoms with Crippen molar-refractivity contribution in [3.63, 3.8) is 0 Å². The average molecular weight is 1790 g/mol. The number of rotatable bonds is 54. The Morgan fingerprint density at radius 1 is 0.371 bits per heavy atom. The molecule has 53 nitrogen and oxygen atoms in total. The van der Waals surface area contributed by atoms with E-state index in [1.807, 2.05) is 0 Å². The number of nitrogens with one attached hydrogen (secondary N) is 11. The maximum absolute atomic E-state index is 14.4. The summed E-state index contributed by atoms with van der Waals surface area (Å²) in [6.07, 6.45) is -39.0. The third-order valence-electron chi connectivity index (χ3n) is 19.6. The van der Waals surface area contributed by atoms with Crippen LogP contribution in [0.3, 0.4) is 0 Å². The SMILES string of the molecule is CC(=O)NC(CO)C(OC(C)C(=O)NC(C)C(=O)NC(CCC(=O)NC(CCCC(N)C(=O)O)C(=O)O)C(=O)O)C(OC1OC(CO)C(OC2OC(CO)C(OC3OC(CO)C(O)C(O)C3NC(C)=O)C(OC(C)C(=O)NC(C)C(=O)NC(CCC(=O)NC(CCCC(N)C(=O)O)C(=O)NC(C)C(=O)O)C(=O)O)C2NC(C)=O)C(O)C1NC(C)=O)C(O)CO. The second-order valence-corrected chi connectivity index (χ2v) is 29.6. The summed E-state index contributed by atoms with van der Waals surface area (Å²) in [4.78, 5) is 217. The molecular weight excluding hydrogens is 1670 g/mol. The number of carboxylic acids is 6. The zero-order valence-electron chi connectivity index (χ0n) is 69.0. The molecule has 3 fully saturated rings. The molecule has 0 aromatic carbocycles. The minimum absolute atomic E-state index is 0.0515. The van der Waals surface area contributed by atoms with E-state index in [2.05, 4.69) is 58.5 Å². The van der Waals surface area contributed by atoms with Crippen LogP contribution >= 0.6 is 0 Å². The highest BCUT2D eigenvalue weighted by Crippen LogP contribution is 2.36. The molecule has 11 amide bonds. The van der Waals surface area contributed by atoms with Crippen molar-refractivity contribution in [3.8, 4) is 0 Å². The van der Waals surface area contributed by atoms with E-state index in [9.17, 15) is 153 Å². The molecule has 0 aromatic heterocycles. The molecule has 3 aliphatic heterocycles. The summed E-state index contributed by atoms with van der Waals surface area (Å²) in [5, 5.41) is 183. The average Bonchev–Trinajstić information content (AvgIpc) is 0.761. The molecule has 30 unspecified atom stereocenters. The number of aliphatic carboxylic acids is 6. The first-order valence-electron chi connectivity index (χ1n) is 39.0. The number of carbonyl (C=O) groups excluding carboxylic acids is 11. The van der Waals surface area contributed by atoms with Gasteiger partial charge in [-0.05, 0) is 86.0 Å². The van der Waals surface area contributed by atoms with Gasteiger partial charge < -0.3 is 184 Å². The van der Waals surface area contributed by atoms with Crippen molar-refractivity contribution < 1.29 is 196 Å². The number of carboxylic acid groups (broad SMARTS) is 6. The Hall–Kier alpha value is -9.77. The van der Waals surface area contributed by atoms with Crippen LogP contribution in [0.15, 0.2) is 0 Å². The molecule has 30 N–H and O–H groups in total. The van der Waals surface area contributed by atoms with Crippen LogP contribution in [-0.4, -0.2) is 393 Å². The van der Waals surface area contributed by atoms with E-state index in [-0.39, 0.29) is 38.5 Å². The van der Waals surface area contributed by atoms with Gasteiger partial charge in [0.2, 0.25) is 65.0 Å². The Kier molecular flexibility index (Phi) is 45.7. The number of amides is 11. The Morgan fingerprint density at radius 2 is 0.774 bits per heavy atom. The van der Waals surface area contributed by atoms with Gasteiger partial charge in [-0.2, -0.15) is 0 Å². The number of hydrogen-bond acceptors (Lipinski definition) is 36. The Bertz CT molecular complexity index is 3630. The highest BCUT2D eigenvalue weighted by molar-refractivity contribution is 5.94. The van der Waals surface area contributed by atoms with Crippen LogP contribution in [0.25, 0.3) is 0 Å². The summed E-state index contributed by atoms with van der Waals surface area (Å²) >= 11 is 0. The molecular formula is C71H117N13O40. The van der Waals surface area contributed by atoms with Crippen LogP contribution in [0.4, 0.5) is 0 Å². The van der Waals surface area contributed by atoms with Gasteiger partial charge in [-0.15, -0.1) is 0 Å². The van der Waals surface area contributed by atoms with E-state index in [1.165, 1.54) is 0 Å². The Morgan fingerprint density at radius 3 is 1.21 bits per heavy atom. The lowest BCUT2D eigenvalue weighted by Gasteiger charge is -2.51. The molecule has 0 aromatic rings. The normalized spacial score (nSPS) is 26.1. The first-order valence-corrected chi connectivity index (χ1v) is 39.0. The zero-order chi connectivity index (χ0) is 94.2. The number of carbonyl (C=O) groups is 17. The van der Waals surface area contributed by atoms with Crippen LogP contribution < -0.4 is 70.0 Å². The summed E-state index contributed by atoms with van der Waals surface area (Å²) in [6, 6.07) is -22.1. The van der Waals surface area contributed by atoms with Gasteiger partial charge in [-0.25, -0.2) is 14.4 Å². The van der Waals surface area contributed by atoms with Gasteiger partial charge in [0.25, 0.3) is 0 Å². The molecule has 30 atom stereocenters. The maximum atomic E-state index is 14.4. The molecule has 706 valence electrons. The van der Waals surface area contributed by atoms with E-state index < -0.39 is 342 Å². The van der Waals surface area contributed by atoms with Crippen molar-refractivity contribution >= 4 is 101 Å². The van der Waals surface area contributed by atoms with Crippen molar-refractivity contribution in [2.45, 2.75) is 309 Å². The molecule has 53 heteroatoms. The second-order valence-electron chi connectivity index (χ2n) is 29.6. The molecule has 3 aliphatic rings. The third-order valence-corrected chi connectivity index (χ3v) is 19.6. The van der Waals surface area contributed by atoms with Crippen molar-refractivity contribution in [2.75, 3.05) is 33.0 Å². The Balaban J connectivity index is 2.09. The topological polar surface area (TPSA) is 852 Å². The van der Waals surface area contributed by atoms with Crippen molar-refractivity contribution in [3.05, 3.63) is 0 Å². The van der Waals surface area contributed by atoms with Crippen molar-refractivity contribution in [1.82, 2.24) is 58.5 Å². The number of aliphatic hydroxyl groups excluding tert-OH is 9. The van der Waals surface area contributed by atoms with Gasteiger partial charge in [0.05, 0.1) is 39.1 Å². The van der Waals surface area contributed by atoms with E-state index in [0.29, 0.717) is 0 Å². The van der Waals surface area contributed by atoms with Crippen molar-refractivity contribution in [1.29, 1.82) is 0 Å². The molecule has 0 radical (unpaired) electrons. The Labute approximate surface area is 707 Å². The fourth-order valence-corrected chi connectivity index (χ4v) is 12.9. The van der Waals surface area contributed by atoms with Gasteiger partial charge in [0.1, 0.15) is 158 Å². The smallest absolute Gasteiger partial charge is 0.326 e. The predicted molar refractivity (Wildman–Crippen MR) is 408 cm³/mol. The molecule has 0 spiro atoms. The quantitative estimate of drug-likeness (QED) is 0.0269. The summed E-state index contributed by atoms with van der Waals surface area (Å²) in [5.74, 6) is -20.9. The van der Waals surface area contributed by atoms with Crippen LogP contribution in [-0.2, 0) is 119 Å². The highest BCUT2D eigenvalue weighted by atomic mass is 16.8. The van der Waals surface area contributed by atoms with Gasteiger partial charge in [0.15, 0.2) is 18.9 Å². The third kappa shape index (κ3) is 34.0. The second kappa shape index (κ2) is 52.2. The number of ether oxygens (including phenoxy) is 8. The highest BCUT2D eigenvalue weighted by Gasteiger charge is 2.57. The van der Waals surface area contributed by atoms with Gasteiger partial charge in [-0.3, -0.25) is 67.1 Å². The fraction of sp³-hybridized carbons (Fsp3) is 0.761. The summed E-state index contributed by atoms with van der Waals surface area (Å²) in [7, 11) is 0. The van der Waals surface area contributed by atoms with Gasteiger partial charge >= 0.3 is 35.8 Å². The number of aliphatic hydroxyl groups is 9. The molecule has 3 heterocycles. The number of nitrogens with two attached hydrogens (primary N) is 2.